The molecule has 4 heteroatoms. The third kappa shape index (κ3) is 3.75. The normalized spacial score (nSPS) is 10.1. The van der Waals surface area contributed by atoms with Gasteiger partial charge in [0.1, 0.15) is 0 Å². The van der Waals surface area contributed by atoms with Crippen molar-refractivity contribution < 1.29 is 4.79 Å². The summed E-state index contributed by atoms with van der Waals surface area (Å²) in [7, 11) is 3.70. The van der Waals surface area contributed by atoms with E-state index in [0.717, 1.165) is 24.3 Å². The number of likely N-dealkylation sites (N-methyl/N-ethyl adjacent to an activating group) is 2. The zero-order chi connectivity index (χ0) is 12.7. The summed E-state index contributed by atoms with van der Waals surface area (Å²) < 4.78 is 0. The number of hydrogen-bond acceptors (Lipinski definition) is 3. The number of nitrogens with zero attached hydrogens (tertiary/aromatic N) is 1. The van der Waals surface area contributed by atoms with Crippen molar-refractivity contribution in [3.05, 3.63) is 29.8 Å². The van der Waals surface area contributed by atoms with E-state index in [1.807, 2.05) is 45.3 Å². The van der Waals surface area contributed by atoms with E-state index in [2.05, 4.69) is 10.6 Å². The highest BCUT2D eigenvalue weighted by Gasteiger charge is 2.14. The first-order chi connectivity index (χ1) is 8.20. The lowest BCUT2D eigenvalue weighted by molar-refractivity contribution is 0.0798. The monoisotopic (exact) mass is 235 g/mol. The molecule has 0 radical (unpaired) electrons. The van der Waals surface area contributed by atoms with Gasteiger partial charge < -0.3 is 15.5 Å². The molecule has 0 aromatic heterocycles. The van der Waals surface area contributed by atoms with Crippen molar-refractivity contribution in [2.45, 2.75) is 6.92 Å². The summed E-state index contributed by atoms with van der Waals surface area (Å²) in [5.41, 5.74) is 1.63. The molecular weight excluding hydrogens is 214 g/mol. The van der Waals surface area contributed by atoms with Crippen LogP contribution >= 0.6 is 0 Å². The number of nitrogens with one attached hydrogen (secondary N) is 2. The van der Waals surface area contributed by atoms with Crippen LogP contribution in [-0.2, 0) is 0 Å². The number of carbonyl (C=O) groups is 1. The lowest BCUT2D eigenvalue weighted by Gasteiger charge is -2.19. The number of hydrogen-bond donors (Lipinski definition) is 2. The van der Waals surface area contributed by atoms with Crippen LogP contribution in [0.3, 0.4) is 0 Å². The molecule has 94 valence electrons. The first-order valence-corrected chi connectivity index (χ1v) is 5.93. The van der Waals surface area contributed by atoms with Crippen molar-refractivity contribution in [3.8, 4) is 0 Å². The van der Waals surface area contributed by atoms with Crippen LogP contribution in [0.4, 0.5) is 5.69 Å². The average Bonchev–Trinajstić information content (AvgIpc) is 2.36. The van der Waals surface area contributed by atoms with Crippen LogP contribution in [0, 0.1) is 0 Å². The molecule has 0 saturated carbocycles. The Morgan fingerprint density at radius 2 is 2.06 bits per heavy atom. The zero-order valence-corrected chi connectivity index (χ0v) is 10.8. The van der Waals surface area contributed by atoms with Gasteiger partial charge in [-0.3, -0.25) is 4.79 Å². The Balaban J connectivity index is 2.80. The molecular formula is C13H21N3O. The Morgan fingerprint density at radius 3 is 2.71 bits per heavy atom. The third-order valence-corrected chi connectivity index (χ3v) is 2.57. The maximum Gasteiger partial charge on any atom is 0.255 e. The first kappa shape index (κ1) is 13.5. The molecule has 0 aliphatic heterocycles. The standard InChI is InChI=1S/C13H21N3O/c1-4-15-12-8-6-5-7-11(12)13(17)16(3)10-9-14-2/h5-8,14-15H,4,9-10H2,1-3H3. The van der Waals surface area contributed by atoms with Gasteiger partial charge in [0.2, 0.25) is 0 Å². The van der Waals surface area contributed by atoms with Crippen LogP contribution in [0.2, 0.25) is 0 Å². The summed E-state index contributed by atoms with van der Waals surface area (Å²) >= 11 is 0. The maximum atomic E-state index is 12.2. The average molecular weight is 235 g/mol. The Kier molecular flexibility index (Phi) is 5.49. The summed E-state index contributed by atoms with van der Waals surface area (Å²) in [5.74, 6) is 0.0526. The molecule has 0 heterocycles. The highest BCUT2D eigenvalue weighted by molar-refractivity contribution is 5.99. The molecule has 0 bridgehead atoms. The van der Waals surface area contributed by atoms with Gasteiger partial charge in [0.05, 0.1) is 5.56 Å². The second-order valence-electron chi connectivity index (χ2n) is 3.91. The molecule has 0 fully saturated rings. The van der Waals surface area contributed by atoms with Crippen molar-refractivity contribution in [2.75, 3.05) is 39.0 Å². The van der Waals surface area contributed by atoms with E-state index in [-0.39, 0.29) is 5.91 Å². The summed E-state index contributed by atoms with van der Waals surface area (Å²) in [6.07, 6.45) is 0. The fraction of sp³-hybridized carbons (Fsp3) is 0.462. The molecule has 0 saturated heterocycles. The molecule has 0 unspecified atom stereocenters. The van der Waals surface area contributed by atoms with Crippen LogP contribution in [-0.4, -0.2) is 44.5 Å². The minimum atomic E-state index is 0.0526. The lowest BCUT2D eigenvalue weighted by Crippen LogP contribution is -2.33. The lowest BCUT2D eigenvalue weighted by atomic mass is 10.1. The predicted octanol–water partition coefficient (Wildman–Crippen LogP) is 1.41. The fourth-order valence-electron chi connectivity index (χ4n) is 1.60. The summed E-state index contributed by atoms with van der Waals surface area (Å²) in [6, 6.07) is 7.61. The highest BCUT2D eigenvalue weighted by Crippen LogP contribution is 2.16. The van der Waals surface area contributed by atoms with Gasteiger partial charge in [-0.15, -0.1) is 0 Å². The van der Waals surface area contributed by atoms with Crippen LogP contribution in [0.15, 0.2) is 24.3 Å². The van der Waals surface area contributed by atoms with Gasteiger partial charge in [-0.1, -0.05) is 12.1 Å². The fourth-order valence-corrected chi connectivity index (χ4v) is 1.60. The number of carbonyl (C=O) groups excluding carboxylic acids is 1. The second-order valence-corrected chi connectivity index (χ2v) is 3.91. The van der Waals surface area contributed by atoms with Gasteiger partial charge >= 0.3 is 0 Å². The number of amides is 1. The smallest absolute Gasteiger partial charge is 0.255 e. The Hall–Kier alpha value is -1.55. The molecule has 0 atom stereocenters. The SMILES string of the molecule is CCNc1ccccc1C(=O)N(C)CCNC. The number of rotatable bonds is 6. The number of anilines is 1. The van der Waals surface area contributed by atoms with E-state index in [9.17, 15) is 4.79 Å². The van der Waals surface area contributed by atoms with E-state index in [0.29, 0.717) is 6.54 Å². The molecule has 1 aromatic carbocycles. The van der Waals surface area contributed by atoms with Gasteiger partial charge in [0.15, 0.2) is 0 Å². The Morgan fingerprint density at radius 1 is 1.35 bits per heavy atom. The van der Waals surface area contributed by atoms with Crippen LogP contribution in [0.5, 0.6) is 0 Å². The minimum Gasteiger partial charge on any atom is -0.385 e. The van der Waals surface area contributed by atoms with Crippen LogP contribution in [0.1, 0.15) is 17.3 Å². The minimum absolute atomic E-state index is 0.0526. The summed E-state index contributed by atoms with van der Waals surface area (Å²) in [6.45, 7) is 4.33. The van der Waals surface area contributed by atoms with E-state index < -0.39 is 0 Å². The quantitative estimate of drug-likeness (QED) is 0.783. The van der Waals surface area contributed by atoms with Crippen molar-refractivity contribution in [3.63, 3.8) is 0 Å². The molecule has 1 aromatic rings. The molecule has 1 rings (SSSR count). The van der Waals surface area contributed by atoms with E-state index >= 15 is 0 Å². The van der Waals surface area contributed by atoms with Gasteiger partial charge in [-0.25, -0.2) is 0 Å². The Bertz CT molecular complexity index is 365. The summed E-state index contributed by atoms with van der Waals surface area (Å²) in [5, 5.41) is 6.24. The van der Waals surface area contributed by atoms with Crippen LogP contribution in [0.25, 0.3) is 0 Å². The van der Waals surface area contributed by atoms with Gasteiger partial charge in [-0.05, 0) is 26.1 Å². The third-order valence-electron chi connectivity index (χ3n) is 2.57. The molecule has 0 aliphatic rings. The van der Waals surface area contributed by atoms with Crippen molar-refractivity contribution in [1.82, 2.24) is 10.2 Å². The Labute approximate surface area is 103 Å². The summed E-state index contributed by atoms with van der Waals surface area (Å²) in [4.78, 5) is 13.9. The number of para-hydroxylation sites is 1. The predicted molar refractivity (Wildman–Crippen MR) is 71.5 cm³/mol. The maximum absolute atomic E-state index is 12.2. The van der Waals surface area contributed by atoms with E-state index in [1.165, 1.54) is 0 Å². The van der Waals surface area contributed by atoms with E-state index in [4.69, 9.17) is 0 Å². The number of benzene rings is 1. The second kappa shape index (κ2) is 6.91. The van der Waals surface area contributed by atoms with Crippen LogP contribution < -0.4 is 10.6 Å². The molecule has 0 aliphatic carbocycles. The molecule has 0 spiro atoms. The largest absolute Gasteiger partial charge is 0.385 e. The van der Waals surface area contributed by atoms with Gasteiger partial charge in [-0.2, -0.15) is 0 Å². The molecule has 17 heavy (non-hydrogen) atoms. The highest BCUT2D eigenvalue weighted by atomic mass is 16.2. The van der Waals surface area contributed by atoms with Crippen molar-refractivity contribution in [2.24, 2.45) is 0 Å². The van der Waals surface area contributed by atoms with Gasteiger partial charge in [0.25, 0.3) is 5.91 Å². The first-order valence-electron chi connectivity index (χ1n) is 5.93. The van der Waals surface area contributed by atoms with E-state index in [1.54, 1.807) is 4.90 Å². The molecule has 1 amide bonds. The van der Waals surface area contributed by atoms with Crippen molar-refractivity contribution >= 4 is 11.6 Å². The molecule has 2 N–H and O–H groups in total. The topological polar surface area (TPSA) is 44.4 Å². The zero-order valence-electron chi connectivity index (χ0n) is 10.8. The molecule has 4 nitrogen and oxygen atoms in total. The van der Waals surface area contributed by atoms with Crippen molar-refractivity contribution in [1.29, 1.82) is 0 Å². The van der Waals surface area contributed by atoms with Gasteiger partial charge in [0, 0.05) is 32.4 Å².